The Bertz CT molecular complexity index is 498. The molecule has 0 unspecified atom stereocenters. The molecule has 1 N–H and O–H groups in total. The fraction of sp³-hybridized carbons (Fsp3) is 0.500. The van der Waals surface area contributed by atoms with Crippen molar-refractivity contribution in [1.29, 1.82) is 0 Å². The minimum absolute atomic E-state index is 0.0148. The smallest absolute Gasteiger partial charge is 0.320 e. The van der Waals surface area contributed by atoms with Crippen LogP contribution in [0.1, 0.15) is 5.56 Å². The van der Waals surface area contributed by atoms with Gasteiger partial charge in [0.05, 0.1) is 6.54 Å². The van der Waals surface area contributed by atoms with E-state index >= 15 is 0 Å². The van der Waals surface area contributed by atoms with Crippen LogP contribution in [-0.2, 0) is 11.3 Å². The van der Waals surface area contributed by atoms with Crippen LogP contribution in [0, 0.1) is 0 Å². The van der Waals surface area contributed by atoms with Crippen LogP contribution in [0.4, 0.5) is 4.79 Å². The lowest BCUT2D eigenvalue weighted by Crippen LogP contribution is -2.53. The van der Waals surface area contributed by atoms with E-state index in [0.717, 1.165) is 18.7 Å². The van der Waals surface area contributed by atoms with E-state index < -0.39 is 0 Å². The predicted molar refractivity (Wildman–Crippen MR) is 85.4 cm³/mol. The summed E-state index contributed by atoms with van der Waals surface area (Å²) in [7, 11) is 3.47. The van der Waals surface area contributed by atoms with Gasteiger partial charge in [-0.25, -0.2) is 4.79 Å². The SMILES string of the molecule is CNC(=O)CN1CCN(C(=O)N(C)Cc2ccccc2)CC1. The maximum atomic E-state index is 12.4. The summed E-state index contributed by atoms with van der Waals surface area (Å²) in [6, 6.07) is 10.0. The van der Waals surface area contributed by atoms with E-state index in [1.165, 1.54) is 0 Å². The Morgan fingerprint density at radius 1 is 1.14 bits per heavy atom. The standard InChI is InChI=1S/C16H24N4O2/c1-17-15(21)13-19-8-10-20(11-9-19)16(22)18(2)12-14-6-4-3-5-7-14/h3-7H,8-13H2,1-2H3,(H,17,21). The molecule has 1 aromatic rings. The fourth-order valence-electron chi connectivity index (χ4n) is 2.55. The van der Waals surface area contributed by atoms with Crippen LogP contribution in [0.3, 0.4) is 0 Å². The number of rotatable bonds is 4. The number of piperazine rings is 1. The van der Waals surface area contributed by atoms with Crippen molar-refractivity contribution in [3.05, 3.63) is 35.9 Å². The van der Waals surface area contributed by atoms with Gasteiger partial charge in [-0.2, -0.15) is 0 Å². The summed E-state index contributed by atoms with van der Waals surface area (Å²) in [5, 5.41) is 2.62. The second-order valence-electron chi connectivity index (χ2n) is 5.56. The van der Waals surface area contributed by atoms with Gasteiger partial charge >= 0.3 is 6.03 Å². The molecule has 1 aromatic carbocycles. The van der Waals surface area contributed by atoms with Crippen LogP contribution in [0.2, 0.25) is 0 Å². The highest BCUT2D eigenvalue weighted by Crippen LogP contribution is 2.08. The van der Waals surface area contributed by atoms with Crippen LogP contribution in [-0.4, -0.2) is 73.5 Å². The third-order valence-electron chi connectivity index (χ3n) is 3.88. The molecule has 0 saturated carbocycles. The normalized spacial score (nSPS) is 15.5. The zero-order chi connectivity index (χ0) is 15.9. The summed E-state index contributed by atoms with van der Waals surface area (Å²) >= 11 is 0. The first-order chi connectivity index (χ1) is 10.6. The van der Waals surface area contributed by atoms with Crippen LogP contribution >= 0.6 is 0 Å². The lowest BCUT2D eigenvalue weighted by Gasteiger charge is -2.36. The molecule has 0 aromatic heterocycles. The number of urea groups is 1. The number of carbonyl (C=O) groups is 2. The van der Waals surface area contributed by atoms with Gasteiger partial charge < -0.3 is 15.1 Å². The second kappa shape index (κ2) is 7.79. The van der Waals surface area contributed by atoms with E-state index in [0.29, 0.717) is 26.2 Å². The number of hydrogen-bond acceptors (Lipinski definition) is 3. The van der Waals surface area contributed by atoms with Gasteiger partial charge in [0.2, 0.25) is 5.91 Å². The maximum Gasteiger partial charge on any atom is 0.320 e. The molecular weight excluding hydrogens is 280 g/mol. The molecule has 1 heterocycles. The first kappa shape index (κ1) is 16.3. The van der Waals surface area contributed by atoms with Gasteiger partial charge in [0, 0.05) is 46.8 Å². The molecule has 1 aliphatic heterocycles. The number of carbonyl (C=O) groups excluding carboxylic acids is 2. The lowest BCUT2D eigenvalue weighted by molar-refractivity contribution is -0.122. The Hall–Kier alpha value is -2.08. The Kier molecular flexibility index (Phi) is 5.77. The van der Waals surface area contributed by atoms with Crippen molar-refractivity contribution in [2.24, 2.45) is 0 Å². The molecular formula is C16H24N4O2. The average molecular weight is 304 g/mol. The van der Waals surface area contributed by atoms with Crippen molar-refractivity contribution < 1.29 is 9.59 Å². The Labute approximate surface area is 131 Å². The number of benzene rings is 1. The minimum Gasteiger partial charge on any atom is -0.358 e. The van der Waals surface area contributed by atoms with Crippen molar-refractivity contribution in [1.82, 2.24) is 20.0 Å². The predicted octanol–water partition coefficient (Wildman–Crippen LogP) is 0.602. The summed E-state index contributed by atoms with van der Waals surface area (Å²) in [5.74, 6) is 0.0148. The molecule has 0 aliphatic carbocycles. The first-order valence-corrected chi connectivity index (χ1v) is 7.57. The summed E-state index contributed by atoms with van der Waals surface area (Å²) in [4.78, 5) is 29.5. The molecule has 0 atom stereocenters. The Morgan fingerprint density at radius 2 is 1.77 bits per heavy atom. The first-order valence-electron chi connectivity index (χ1n) is 7.57. The van der Waals surface area contributed by atoms with E-state index in [4.69, 9.17) is 0 Å². The van der Waals surface area contributed by atoms with Crippen LogP contribution in [0.25, 0.3) is 0 Å². The topological polar surface area (TPSA) is 55.9 Å². The molecule has 0 bridgehead atoms. The van der Waals surface area contributed by atoms with Crippen molar-refractivity contribution in [2.75, 3.05) is 46.8 Å². The molecule has 0 spiro atoms. The third-order valence-corrected chi connectivity index (χ3v) is 3.88. The van der Waals surface area contributed by atoms with Crippen LogP contribution in [0.5, 0.6) is 0 Å². The monoisotopic (exact) mass is 304 g/mol. The minimum atomic E-state index is 0.0148. The molecule has 3 amide bonds. The summed E-state index contributed by atoms with van der Waals surface area (Å²) in [6.07, 6.45) is 0. The lowest BCUT2D eigenvalue weighted by atomic mass is 10.2. The molecule has 0 radical (unpaired) electrons. The number of hydrogen-bond donors (Lipinski definition) is 1. The largest absolute Gasteiger partial charge is 0.358 e. The Balaban J connectivity index is 1.80. The van der Waals surface area contributed by atoms with E-state index in [-0.39, 0.29) is 11.9 Å². The van der Waals surface area contributed by atoms with Gasteiger partial charge in [-0.1, -0.05) is 30.3 Å². The molecule has 2 rings (SSSR count). The highest BCUT2D eigenvalue weighted by molar-refractivity contribution is 5.77. The summed E-state index contributed by atoms with van der Waals surface area (Å²) in [6.45, 7) is 3.80. The number of likely N-dealkylation sites (N-methyl/N-ethyl adjacent to an activating group) is 1. The van der Waals surface area contributed by atoms with Gasteiger partial charge in [-0.05, 0) is 5.56 Å². The number of nitrogens with one attached hydrogen (secondary N) is 1. The van der Waals surface area contributed by atoms with Crippen molar-refractivity contribution in [3.63, 3.8) is 0 Å². The van der Waals surface area contributed by atoms with Crippen molar-refractivity contribution >= 4 is 11.9 Å². The number of amides is 3. The quantitative estimate of drug-likeness (QED) is 0.886. The van der Waals surface area contributed by atoms with Gasteiger partial charge in [-0.15, -0.1) is 0 Å². The van der Waals surface area contributed by atoms with E-state index in [9.17, 15) is 9.59 Å². The molecule has 1 fully saturated rings. The van der Waals surface area contributed by atoms with Gasteiger partial charge in [-0.3, -0.25) is 9.69 Å². The Morgan fingerprint density at radius 3 is 2.36 bits per heavy atom. The number of nitrogens with zero attached hydrogens (tertiary/aromatic N) is 3. The average Bonchev–Trinajstić information content (AvgIpc) is 2.55. The van der Waals surface area contributed by atoms with E-state index in [2.05, 4.69) is 10.2 Å². The second-order valence-corrected chi connectivity index (χ2v) is 5.56. The fourth-order valence-corrected chi connectivity index (χ4v) is 2.55. The van der Waals surface area contributed by atoms with Gasteiger partial charge in [0.1, 0.15) is 0 Å². The highest BCUT2D eigenvalue weighted by Gasteiger charge is 2.24. The molecule has 22 heavy (non-hydrogen) atoms. The van der Waals surface area contributed by atoms with E-state index in [1.54, 1.807) is 11.9 Å². The van der Waals surface area contributed by atoms with Crippen LogP contribution < -0.4 is 5.32 Å². The van der Waals surface area contributed by atoms with Crippen molar-refractivity contribution in [2.45, 2.75) is 6.54 Å². The van der Waals surface area contributed by atoms with Crippen molar-refractivity contribution in [3.8, 4) is 0 Å². The van der Waals surface area contributed by atoms with Crippen LogP contribution in [0.15, 0.2) is 30.3 Å². The molecule has 1 saturated heterocycles. The highest BCUT2D eigenvalue weighted by atomic mass is 16.2. The van der Waals surface area contributed by atoms with E-state index in [1.807, 2.05) is 42.3 Å². The zero-order valence-electron chi connectivity index (χ0n) is 13.3. The zero-order valence-corrected chi connectivity index (χ0v) is 13.3. The summed E-state index contributed by atoms with van der Waals surface area (Å²) < 4.78 is 0. The van der Waals surface area contributed by atoms with Gasteiger partial charge in [0.25, 0.3) is 0 Å². The van der Waals surface area contributed by atoms with Gasteiger partial charge in [0.15, 0.2) is 0 Å². The maximum absolute atomic E-state index is 12.4. The molecule has 1 aliphatic rings. The summed E-state index contributed by atoms with van der Waals surface area (Å²) in [5.41, 5.74) is 1.12. The molecule has 120 valence electrons. The molecule has 6 nitrogen and oxygen atoms in total. The molecule has 6 heteroatoms. The third kappa shape index (κ3) is 4.46.